The van der Waals surface area contributed by atoms with Gasteiger partial charge < -0.3 is 10.1 Å². The van der Waals surface area contributed by atoms with Crippen LogP contribution in [0.25, 0.3) is 10.9 Å². The Morgan fingerprint density at radius 2 is 1.90 bits per heavy atom. The van der Waals surface area contributed by atoms with Crippen LogP contribution in [-0.4, -0.2) is 48.3 Å². The largest absolute Gasteiger partial charge is 0.395 e. The molecule has 2 aromatic heterocycles. The van der Waals surface area contributed by atoms with Crippen LogP contribution in [0.4, 0.5) is 0 Å². The number of hydrogen-bond donors (Lipinski definition) is 2. The van der Waals surface area contributed by atoms with Crippen molar-refractivity contribution in [2.45, 2.75) is 72.5 Å². The van der Waals surface area contributed by atoms with E-state index in [-0.39, 0.29) is 23.7 Å². The molecule has 0 saturated carbocycles. The number of H-pyrrole nitrogens is 1. The van der Waals surface area contributed by atoms with E-state index >= 15 is 0 Å². The van der Waals surface area contributed by atoms with E-state index in [9.17, 15) is 9.90 Å². The molecule has 1 aromatic carbocycles. The van der Waals surface area contributed by atoms with Gasteiger partial charge in [0.2, 0.25) is 0 Å². The SMILES string of the molecule is CCC[C@H](c1nnnn1C(C)(C)C)N(CCO)Cc1cc2cc(C)c(C)cc2[nH]c1=O. The Morgan fingerprint density at radius 1 is 1.19 bits per heavy atom. The molecular formula is C23H34N6O2. The Hall–Kier alpha value is -2.58. The number of tetrazole rings is 1. The quantitative estimate of drug-likeness (QED) is 0.574. The number of fused-ring (bicyclic) bond motifs is 1. The molecule has 1 atom stereocenters. The van der Waals surface area contributed by atoms with E-state index in [2.05, 4.69) is 66.1 Å². The molecule has 0 saturated heterocycles. The van der Waals surface area contributed by atoms with Gasteiger partial charge in [0.25, 0.3) is 5.56 Å². The van der Waals surface area contributed by atoms with Crippen LogP contribution in [0.5, 0.6) is 0 Å². The van der Waals surface area contributed by atoms with Gasteiger partial charge in [-0.1, -0.05) is 13.3 Å². The minimum Gasteiger partial charge on any atom is -0.395 e. The van der Waals surface area contributed by atoms with Crippen LogP contribution in [0.15, 0.2) is 23.0 Å². The van der Waals surface area contributed by atoms with Gasteiger partial charge in [-0.3, -0.25) is 9.69 Å². The number of aromatic nitrogens is 5. The monoisotopic (exact) mass is 426 g/mol. The molecule has 0 fully saturated rings. The van der Waals surface area contributed by atoms with Crippen molar-refractivity contribution in [1.29, 1.82) is 0 Å². The van der Waals surface area contributed by atoms with Crippen molar-refractivity contribution in [1.82, 2.24) is 30.1 Å². The smallest absolute Gasteiger partial charge is 0.252 e. The molecule has 0 bridgehead atoms. The highest BCUT2D eigenvalue weighted by atomic mass is 16.3. The first-order valence-electron chi connectivity index (χ1n) is 10.9. The van der Waals surface area contributed by atoms with E-state index in [1.165, 1.54) is 5.56 Å². The number of hydrogen-bond acceptors (Lipinski definition) is 6. The first-order chi connectivity index (χ1) is 14.7. The number of aliphatic hydroxyl groups excluding tert-OH is 1. The third kappa shape index (κ3) is 5.02. The minimum absolute atomic E-state index is 0.0128. The van der Waals surface area contributed by atoms with E-state index in [0.29, 0.717) is 18.7 Å². The van der Waals surface area contributed by atoms with E-state index in [1.54, 1.807) is 0 Å². The molecule has 168 valence electrons. The zero-order valence-electron chi connectivity index (χ0n) is 19.4. The third-order valence-electron chi connectivity index (χ3n) is 5.73. The zero-order valence-corrected chi connectivity index (χ0v) is 19.4. The van der Waals surface area contributed by atoms with Crippen molar-refractivity contribution in [2.75, 3.05) is 13.2 Å². The normalized spacial score (nSPS) is 13.3. The van der Waals surface area contributed by atoms with Crippen LogP contribution in [0.2, 0.25) is 0 Å². The lowest BCUT2D eigenvalue weighted by molar-refractivity contribution is 0.123. The number of aryl methyl sites for hydroxylation is 2. The number of benzene rings is 1. The van der Waals surface area contributed by atoms with Gasteiger partial charge in [0.05, 0.1) is 18.2 Å². The van der Waals surface area contributed by atoms with Crippen molar-refractivity contribution in [3.8, 4) is 0 Å². The molecule has 31 heavy (non-hydrogen) atoms. The maximum Gasteiger partial charge on any atom is 0.252 e. The molecule has 0 aliphatic carbocycles. The topological polar surface area (TPSA) is 99.9 Å². The fourth-order valence-electron chi connectivity index (χ4n) is 3.96. The van der Waals surface area contributed by atoms with E-state index < -0.39 is 0 Å². The highest BCUT2D eigenvalue weighted by molar-refractivity contribution is 5.80. The van der Waals surface area contributed by atoms with Crippen LogP contribution >= 0.6 is 0 Å². The molecule has 2 heterocycles. The number of nitrogens with zero attached hydrogens (tertiary/aromatic N) is 5. The highest BCUT2D eigenvalue weighted by Gasteiger charge is 2.30. The molecule has 0 amide bonds. The van der Waals surface area contributed by atoms with Gasteiger partial charge in [-0.2, -0.15) is 0 Å². The number of aliphatic hydroxyl groups is 1. The number of rotatable bonds is 8. The molecular weight excluding hydrogens is 392 g/mol. The summed E-state index contributed by atoms with van der Waals surface area (Å²) in [5.74, 6) is 0.756. The Balaban J connectivity index is 2.03. The van der Waals surface area contributed by atoms with E-state index in [1.807, 2.05) is 23.7 Å². The van der Waals surface area contributed by atoms with Gasteiger partial charge >= 0.3 is 0 Å². The number of nitrogens with one attached hydrogen (secondary N) is 1. The summed E-state index contributed by atoms with van der Waals surface area (Å²) >= 11 is 0. The molecule has 8 nitrogen and oxygen atoms in total. The second-order valence-corrected chi connectivity index (χ2v) is 9.27. The van der Waals surface area contributed by atoms with Crippen LogP contribution in [0.1, 0.15) is 69.1 Å². The molecule has 3 aromatic rings. The lowest BCUT2D eigenvalue weighted by Crippen LogP contribution is -2.37. The summed E-state index contributed by atoms with van der Waals surface area (Å²) in [7, 11) is 0. The predicted molar refractivity (Wildman–Crippen MR) is 122 cm³/mol. The maximum atomic E-state index is 12.9. The van der Waals surface area contributed by atoms with Crippen LogP contribution in [0, 0.1) is 13.8 Å². The third-order valence-corrected chi connectivity index (χ3v) is 5.73. The standard InChI is InChI=1S/C23H34N6O2/c1-7-8-20(21-25-26-27-29(21)23(4,5)6)28(9-10-30)14-18-13-17-11-15(2)16(3)12-19(17)24-22(18)31/h11-13,20,30H,7-10,14H2,1-6H3,(H,24,31)/t20-/m1/s1. The molecule has 0 aliphatic rings. The van der Waals surface area contributed by atoms with Crippen molar-refractivity contribution >= 4 is 10.9 Å². The van der Waals surface area contributed by atoms with Gasteiger partial charge in [-0.15, -0.1) is 5.10 Å². The molecule has 0 spiro atoms. The molecule has 0 unspecified atom stereocenters. The molecule has 3 rings (SSSR count). The van der Waals surface area contributed by atoms with Crippen LogP contribution in [0.3, 0.4) is 0 Å². The van der Waals surface area contributed by atoms with Gasteiger partial charge in [-0.25, -0.2) is 4.68 Å². The average Bonchev–Trinajstić information content (AvgIpc) is 3.18. The number of pyridine rings is 1. The minimum atomic E-state index is -0.272. The van der Waals surface area contributed by atoms with Gasteiger partial charge in [0.15, 0.2) is 5.82 Å². The predicted octanol–water partition coefficient (Wildman–Crippen LogP) is 3.22. The highest BCUT2D eigenvalue weighted by Crippen LogP contribution is 2.28. The fraction of sp³-hybridized carbons (Fsp3) is 0.565. The van der Waals surface area contributed by atoms with Gasteiger partial charge in [0, 0.05) is 24.2 Å². The Labute approximate surface area is 183 Å². The van der Waals surface area contributed by atoms with Gasteiger partial charge in [0.1, 0.15) is 0 Å². The average molecular weight is 427 g/mol. The maximum absolute atomic E-state index is 12.9. The lowest BCUT2D eigenvalue weighted by atomic mass is 10.0. The van der Waals surface area contributed by atoms with E-state index in [0.717, 1.165) is 35.1 Å². The van der Waals surface area contributed by atoms with Crippen molar-refractivity contribution < 1.29 is 5.11 Å². The zero-order chi connectivity index (χ0) is 22.8. The summed E-state index contributed by atoms with van der Waals surface area (Å²) in [6.07, 6.45) is 1.75. The second-order valence-electron chi connectivity index (χ2n) is 9.27. The van der Waals surface area contributed by atoms with Gasteiger partial charge in [-0.05, 0) is 86.2 Å². The summed E-state index contributed by atoms with van der Waals surface area (Å²) in [5.41, 5.74) is 3.46. The lowest BCUT2D eigenvalue weighted by Gasteiger charge is -2.32. The Bertz CT molecular complexity index is 1100. The molecule has 8 heteroatoms. The second kappa shape index (κ2) is 9.28. The summed E-state index contributed by atoms with van der Waals surface area (Å²) in [5, 5.41) is 23.3. The van der Waals surface area contributed by atoms with Crippen molar-refractivity contribution in [2.24, 2.45) is 0 Å². The van der Waals surface area contributed by atoms with Crippen LogP contribution in [-0.2, 0) is 12.1 Å². The summed E-state index contributed by atoms with van der Waals surface area (Å²) < 4.78 is 1.84. The van der Waals surface area contributed by atoms with E-state index in [4.69, 9.17) is 0 Å². The molecule has 0 radical (unpaired) electrons. The van der Waals surface area contributed by atoms with Crippen molar-refractivity contribution in [3.63, 3.8) is 0 Å². The number of aromatic amines is 1. The first-order valence-corrected chi connectivity index (χ1v) is 10.9. The van der Waals surface area contributed by atoms with Crippen LogP contribution < -0.4 is 5.56 Å². The molecule has 2 N–H and O–H groups in total. The Morgan fingerprint density at radius 3 is 2.55 bits per heavy atom. The first kappa shape index (κ1) is 23.1. The Kier molecular flexibility index (Phi) is 6.91. The fourth-order valence-corrected chi connectivity index (χ4v) is 3.96. The summed E-state index contributed by atoms with van der Waals surface area (Å²) in [6.45, 7) is 13.2. The summed E-state index contributed by atoms with van der Waals surface area (Å²) in [6, 6.07) is 5.96. The molecule has 0 aliphatic heterocycles. The summed E-state index contributed by atoms with van der Waals surface area (Å²) in [4.78, 5) is 18.0. The van der Waals surface area contributed by atoms with Crippen molar-refractivity contribution in [3.05, 3.63) is 51.1 Å².